The fourth-order valence-electron chi connectivity index (χ4n) is 1.98. The summed E-state index contributed by atoms with van der Waals surface area (Å²) >= 11 is 0. The Morgan fingerprint density at radius 2 is 2.33 bits per heavy atom. The lowest BCUT2D eigenvalue weighted by Gasteiger charge is -2.23. The summed E-state index contributed by atoms with van der Waals surface area (Å²) in [4.78, 5) is 15.1. The van der Waals surface area contributed by atoms with E-state index in [0.29, 0.717) is 24.7 Å². The highest BCUT2D eigenvalue weighted by Crippen LogP contribution is 2.47. The third-order valence-corrected chi connectivity index (χ3v) is 3.48. The number of carbonyl (C=O) groups is 1. The molecule has 1 N–H and O–H groups in total. The van der Waals surface area contributed by atoms with Gasteiger partial charge in [0.25, 0.3) is 0 Å². The molecule has 18 heavy (non-hydrogen) atoms. The smallest absolute Gasteiger partial charge is 0.307 e. The topological polar surface area (TPSA) is 85.5 Å². The molecule has 1 fully saturated rings. The van der Waals surface area contributed by atoms with E-state index in [1.165, 1.54) is 0 Å². The van der Waals surface area contributed by atoms with Gasteiger partial charge in [0.1, 0.15) is 5.60 Å². The van der Waals surface area contributed by atoms with E-state index < -0.39 is 11.6 Å². The van der Waals surface area contributed by atoms with Gasteiger partial charge in [-0.15, -0.1) is 0 Å². The van der Waals surface area contributed by atoms with Gasteiger partial charge in [0, 0.05) is 6.61 Å². The van der Waals surface area contributed by atoms with E-state index in [1.807, 2.05) is 20.8 Å². The Hall–Kier alpha value is -1.43. The maximum Gasteiger partial charge on any atom is 0.307 e. The van der Waals surface area contributed by atoms with Crippen molar-refractivity contribution in [3.63, 3.8) is 0 Å². The Bertz CT molecular complexity index is 445. The Morgan fingerprint density at radius 3 is 2.83 bits per heavy atom. The van der Waals surface area contributed by atoms with Crippen LogP contribution in [0.2, 0.25) is 0 Å². The minimum Gasteiger partial charge on any atom is -0.481 e. The third-order valence-electron chi connectivity index (χ3n) is 3.48. The second kappa shape index (κ2) is 4.68. The van der Waals surface area contributed by atoms with Gasteiger partial charge >= 0.3 is 5.97 Å². The van der Waals surface area contributed by atoms with Crippen LogP contribution in [0.3, 0.4) is 0 Å². The zero-order chi connectivity index (χ0) is 13.3. The summed E-state index contributed by atoms with van der Waals surface area (Å²) in [6.07, 6.45) is 1.31. The van der Waals surface area contributed by atoms with Crippen molar-refractivity contribution in [2.75, 3.05) is 6.61 Å². The summed E-state index contributed by atoms with van der Waals surface area (Å²) in [5, 5.41) is 12.8. The van der Waals surface area contributed by atoms with Crippen molar-refractivity contribution in [2.45, 2.75) is 45.1 Å². The normalized spacial score (nSPS) is 25.7. The maximum absolute atomic E-state index is 10.8. The van der Waals surface area contributed by atoms with Gasteiger partial charge in [-0.05, 0) is 26.7 Å². The summed E-state index contributed by atoms with van der Waals surface area (Å²) < 4.78 is 10.8. The third kappa shape index (κ3) is 2.25. The first-order valence-corrected chi connectivity index (χ1v) is 6.22. The molecular weight excluding hydrogens is 236 g/mol. The molecule has 2 rings (SSSR count). The van der Waals surface area contributed by atoms with Crippen molar-refractivity contribution in [2.24, 2.45) is 5.92 Å². The van der Waals surface area contributed by atoms with Gasteiger partial charge < -0.3 is 14.4 Å². The first-order chi connectivity index (χ1) is 8.51. The van der Waals surface area contributed by atoms with Gasteiger partial charge in [0.15, 0.2) is 0 Å². The number of nitrogens with zero attached hydrogens (tertiary/aromatic N) is 2. The Kier molecular flexibility index (Phi) is 3.38. The molecule has 3 atom stereocenters. The van der Waals surface area contributed by atoms with Crippen molar-refractivity contribution < 1.29 is 19.2 Å². The molecular formula is C12H18N2O4. The van der Waals surface area contributed by atoms with Crippen LogP contribution in [0.4, 0.5) is 0 Å². The fraction of sp³-hybridized carbons (Fsp3) is 0.750. The summed E-state index contributed by atoms with van der Waals surface area (Å²) in [6, 6.07) is 0. The molecule has 0 bridgehead atoms. The summed E-state index contributed by atoms with van der Waals surface area (Å²) in [7, 11) is 0. The van der Waals surface area contributed by atoms with E-state index in [1.54, 1.807) is 0 Å². The largest absolute Gasteiger partial charge is 0.481 e. The van der Waals surface area contributed by atoms with Gasteiger partial charge in [0.2, 0.25) is 11.7 Å². The highest BCUT2D eigenvalue weighted by Gasteiger charge is 2.48. The Labute approximate surface area is 105 Å². The van der Waals surface area contributed by atoms with Crippen molar-refractivity contribution in [3.05, 3.63) is 11.7 Å². The first-order valence-electron chi connectivity index (χ1n) is 6.22. The lowest BCUT2D eigenvalue weighted by Crippen LogP contribution is -2.26. The highest BCUT2D eigenvalue weighted by atomic mass is 16.5. The van der Waals surface area contributed by atoms with E-state index in [4.69, 9.17) is 14.4 Å². The number of rotatable bonds is 6. The lowest BCUT2D eigenvalue weighted by atomic mass is 10.0. The second-order valence-corrected chi connectivity index (χ2v) is 4.76. The molecule has 6 nitrogen and oxygen atoms in total. The molecule has 0 radical (unpaired) electrons. The van der Waals surface area contributed by atoms with E-state index in [0.717, 1.165) is 6.42 Å². The molecule has 1 heterocycles. The molecule has 1 saturated carbocycles. The molecule has 0 saturated heterocycles. The van der Waals surface area contributed by atoms with Gasteiger partial charge in [-0.3, -0.25) is 4.79 Å². The van der Waals surface area contributed by atoms with Gasteiger partial charge in [-0.25, -0.2) is 0 Å². The number of hydrogen-bond donors (Lipinski definition) is 1. The van der Waals surface area contributed by atoms with Crippen LogP contribution in [0, 0.1) is 5.92 Å². The molecule has 1 aliphatic rings. The van der Waals surface area contributed by atoms with Crippen molar-refractivity contribution in [1.29, 1.82) is 0 Å². The molecule has 1 aromatic heterocycles. The molecule has 0 aliphatic heterocycles. The molecule has 0 spiro atoms. The van der Waals surface area contributed by atoms with Crippen LogP contribution in [0.1, 0.15) is 51.2 Å². The van der Waals surface area contributed by atoms with Gasteiger partial charge in [0.05, 0.1) is 11.8 Å². The van der Waals surface area contributed by atoms with Crippen LogP contribution in [0.5, 0.6) is 0 Å². The maximum atomic E-state index is 10.8. The fourth-order valence-corrected chi connectivity index (χ4v) is 1.98. The number of hydrogen-bond acceptors (Lipinski definition) is 5. The average Bonchev–Trinajstić information content (AvgIpc) is 2.99. The Balaban J connectivity index is 2.13. The highest BCUT2D eigenvalue weighted by molar-refractivity contribution is 5.74. The summed E-state index contributed by atoms with van der Waals surface area (Å²) in [5.74, 6) is -0.401. The summed E-state index contributed by atoms with van der Waals surface area (Å²) in [6.45, 7) is 6.38. The van der Waals surface area contributed by atoms with Crippen molar-refractivity contribution >= 4 is 5.97 Å². The minimum absolute atomic E-state index is 0.133. The first kappa shape index (κ1) is 13.0. The van der Waals surface area contributed by atoms with E-state index in [-0.39, 0.29) is 11.8 Å². The van der Waals surface area contributed by atoms with Gasteiger partial charge in [-0.1, -0.05) is 12.1 Å². The minimum atomic E-state index is -0.803. The molecule has 1 aromatic rings. The zero-order valence-electron chi connectivity index (χ0n) is 10.8. The Morgan fingerprint density at radius 1 is 1.61 bits per heavy atom. The zero-order valence-corrected chi connectivity index (χ0v) is 10.8. The van der Waals surface area contributed by atoms with Gasteiger partial charge in [-0.2, -0.15) is 4.98 Å². The number of ether oxygens (including phenoxy) is 1. The van der Waals surface area contributed by atoms with Crippen LogP contribution in [-0.2, 0) is 15.1 Å². The molecule has 100 valence electrons. The predicted molar refractivity (Wildman–Crippen MR) is 62.1 cm³/mol. The van der Waals surface area contributed by atoms with E-state index in [2.05, 4.69) is 10.1 Å². The van der Waals surface area contributed by atoms with E-state index in [9.17, 15) is 4.79 Å². The molecule has 3 unspecified atom stereocenters. The van der Waals surface area contributed by atoms with Crippen LogP contribution in [0.25, 0.3) is 0 Å². The number of aromatic nitrogens is 2. The molecule has 6 heteroatoms. The molecule has 1 aliphatic carbocycles. The van der Waals surface area contributed by atoms with Crippen LogP contribution < -0.4 is 0 Å². The van der Waals surface area contributed by atoms with Crippen LogP contribution in [0.15, 0.2) is 4.52 Å². The van der Waals surface area contributed by atoms with Crippen LogP contribution >= 0.6 is 0 Å². The molecule has 0 amide bonds. The summed E-state index contributed by atoms with van der Waals surface area (Å²) in [5.41, 5.74) is -0.565. The second-order valence-electron chi connectivity index (χ2n) is 4.76. The lowest BCUT2D eigenvalue weighted by molar-refractivity contribution is -0.138. The number of aliphatic carboxylic acids is 1. The standard InChI is InChI=1S/C12H18N2O4/c1-4-12(3,17-5-2)11-13-9(18-14-11)7-6-8(7)10(15)16/h7-8H,4-6H2,1-3H3,(H,15,16). The average molecular weight is 254 g/mol. The molecule has 0 aromatic carbocycles. The van der Waals surface area contributed by atoms with Crippen LogP contribution in [-0.4, -0.2) is 27.8 Å². The van der Waals surface area contributed by atoms with E-state index >= 15 is 0 Å². The van der Waals surface area contributed by atoms with Crippen molar-refractivity contribution in [3.8, 4) is 0 Å². The number of carboxylic acids is 1. The predicted octanol–water partition coefficient (Wildman–Crippen LogP) is 1.92. The number of carboxylic acid groups (broad SMARTS) is 1. The SMILES string of the molecule is CCOC(C)(CC)c1noc(C2CC2C(=O)O)n1. The quantitative estimate of drug-likeness (QED) is 0.834. The van der Waals surface area contributed by atoms with Crippen molar-refractivity contribution in [1.82, 2.24) is 10.1 Å². The monoisotopic (exact) mass is 254 g/mol.